The van der Waals surface area contributed by atoms with Crippen molar-refractivity contribution in [1.29, 1.82) is 0 Å². The maximum atomic E-state index is 11.4. The molecular weight excluding hydrogens is 218 g/mol. The Morgan fingerprint density at radius 3 is 2.38 bits per heavy atom. The molecule has 1 fully saturated rings. The summed E-state index contributed by atoms with van der Waals surface area (Å²) in [5.74, 6) is 0. The third-order valence-electron chi connectivity index (χ3n) is 2.46. The lowest BCUT2D eigenvalue weighted by Gasteiger charge is -2.12. The monoisotopic (exact) mass is 229 g/mol. The van der Waals surface area contributed by atoms with Crippen LogP contribution in [0.15, 0.2) is 14.4 Å². The number of rotatable bonds is 2. The molecule has 1 aliphatic heterocycles. The van der Waals surface area contributed by atoms with E-state index in [0.717, 1.165) is 4.57 Å². The van der Waals surface area contributed by atoms with Crippen molar-refractivity contribution in [2.45, 2.75) is 25.2 Å². The van der Waals surface area contributed by atoms with Crippen LogP contribution in [0.3, 0.4) is 0 Å². The van der Waals surface area contributed by atoms with Crippen LogP contribution in [0.25, 0.3) is 0 Å². The van der Waals surface area contributed by atoms with Crippen LogP contribution < -0.4 is 17.1 Å². The second kappa shape index (κ2) is 4.06. The van der Waals surface area contributed by atoms with Crippen molar-refractivity contribution in [1.82, 2.24) is 14.5 Å². The lowest BCUT2D eigenvalue weighted by atomic mass is 10.2. The van der Waals surface area contributed by atoms with Crippen LogP contribution in [0.2, 0.25) is 0 Å². The largest absolute Gasteiger partial charge is 0.394 e. The fourth-order valence-electron chi connectivity index (χ4n) is 1.71. The highest BCUT2D eigenvalue weighted by molar-refractivity contribution is 4.77. The SMILES string of the molecule is O=c1[nH]c(=O)n(C2CCC(CO)O2)c(=O)[nH]1. The quantitative estimate of drug-likeness (QED) is 0.536. The minimum atomic E-state index is -0.844. The second-order valence-corrected chi connectivity index (χ2v) is 3.53. The zero-order valence-corrected chi connectivity index (χ0v) is 8.30. The highest BCUT2D eigenvalue weighted by atomic mass is 16.5. The summed E-state index contributed by atoms with van der Waals surface area (Å²) in [6.07, 6.45) is -0.0969. The summed E-state index contributed by atoms with van der Waals surface area (Å²) in [6, 6.07) is 0. The van der Waals surface area contributed by atoms with Crippen molar-refractivity contribution in [2.75, 3.05) is 6.61 Å². The van der Waals surface area contributed by atoms with Gasteiger partial charge in [-0.25, -0.2) is 19.0 Å². The Labute approximate surface area is 88.5 Å². The molecule has 8 nitrogen and oxygen atoms in total. The van der Waals surface area contributed by atoms with Crippen LogP contribution in [-0.4, -0.2) is 32.4 Å². The fraction of sp³-hybridized carbons (Fsp3) is 0.625. The van der Waals surface area contributed by atoms with E-state index in [2.05, 4.69) is 0 Å². The molecule has 0 saturated carbocycles. The van der Waals surface area contributed by atoms with Gasteiger partial charge in [0.05, 0.1) is 12.7 Å². The normalized spacial score (nSPS) is 24.8. The first-order valence-electron chi connectivity index (χ1n) is 4.83. The van der Waals surface area contributed by atoms with Gasteiger partial charge in [0.15, 0.2) is 0 Å². The van der Waals surface area contributed by atoms with Crippen molar-refractivity contribution in [3.05, 3.63) is 31.5 Å². The van der Waals surface area contributed by atoms with E-state index in [1.54, 1.807) is 0 Å². The predicted octanol–water partition coefficient (Wildman–Crippen LogP) is -2.11. The Bertz CT molecular complexity index is 507. The molecule has 0 amide bonds. The van der Waals surface area contributed by atoms with E-state index in [4.69, 9.17) is 9.84 Å². The van der Waals surface area contributed by atoms with Crippen molar-refractivity contribution in [3.63, 3.8) is 0 Å². The molecule has 2 atom stereocenters. The Morgan fingerprint density at radius 1 is 1.25 bits per heavy atom. The van der Waals surface area contributed by atoms with Crippen molar-refractivity contribution < 1.29 is 9.84 Å². The van der Waals surface area contributed by atoms with Crippen molar-refractivity contribution >= 4 is 0 Å². The first-order chi connectivity index (χ1) is 7.61. The Morgan fingerprint density at radius 2 is 1.88 bits per heavy atom. The molecule has 2 heterocycles. The lowest BCUT2D eigenvalue weighted by molar-refractivity contribution is -0.0268. The van der Waals surface area contributed by atoms with E-state index in [1.165, 1.54) is 0 Å². The zero-order chi connectivity index (χ0) is 11.7. The van der Waals surface area contributed by atoms with E-state index < -0.39 is 23.3 Å². The summed E-state index contributed by atoms with van der Waals surface area (Å²) in [6.45, 7) is -0.160. The summed E-state index contributed by atoms with van der Waals surface area (Å²) in [5, 5.41) is 8.86. The van der Waals surface area contributed by atoms with Gasteiger partial charge in [0.1, 0.15) is 6.23 Å². The van der Waals surface area contributed by atoms with Gasteiger partial charge in [-0.15, -0.1) is 0 Å². The summed E-state index contributed by atoms with van der Waals surface area (Å²) in [4.78, 5) is 37.5. The molecule has 16 heavy (non-hydrogen) atoms. The number of H-pyrrole nitrogens is 2. The van der Waals surface area contributed by atoms with E-state index in [-0.39, 0.29) is 12.7 Å². The number of ether oxygens (including phenoxy) is 1. The number of aliphatic hydroxyl groups is 1. The van der Waals surface area contributed by atoms with E-state index >= 15 is 0 Å². The van der Waals surface area contributed by atoms with E-state index in [9.17, 15) is 14.4 Å². The number of hydrogen-bond acceptors (Lipinski definition) is 5. The third-order valence-corrected chi connectivity index (χ3v) is 2.46. The number of aromatic nitrogens is 3. The molecule has 88 valence electrons. The first kappa shape index (κ1) is 10.8. The number of aliphatic hydroxyl groups excluding tert-OH is 1. The van der Waals surface area contributed by atoms with E-state index in [1.807, 2.05) is 9.97 Å². The predicted molar refractivity (Wildman–Crippen MR) is 52.2 cm³/mol. The van der Waals surface area contributed by atoms with Crippen molar-refractivity contribution in [3.8, 4) is 0 Å². The molecule has 1 aromatic heterocycles. The number of nitrogens with one attached hydrogen (secondary N) is 2. The van der Waals surface area contributed by atoms with Gasteiger partial charge < -0.3 is 9.84 Å². The number of nitrogens with zero attached hydrogens (tertiary/aromatic N) is 1. The molecule has 0 spiro atoms. The maximum Gasteiger partial charge on any atom is 0.335 e. The first-order valence-corrected chi connectivity index (χ1v) is 4.83. The fourth-order valence-corrected chi connectivity index (χ4v) is 1.71. The highest BCUT2D eigenvalue weighted by Crippen LogP contribution is 2.25. The topological polar surface area (TPSA) is 117 Å². The average molecular weight is 229 g/mol. The molecule has 0 radical (unpaired) electrons. The van der Waals surface area contributed by atoms with Gasteiger partial charge in [-0.1, -0.05) is 0 Å². The summed E-state index contributed by atoms with van der Waals surface area (Å²) >= 11 is 0. The molecule has 2 unspecified atom stereocenters. The average Bonchev–Trinajstić information content (AvgIpc) is 2.64. The second-order valence-electron chi connectivity index (χ2n) is 3.53. The van der Waals surface area contributed by atoms with Gasteiger partial charge in [0.2, 0.25) is 0 Å². The zero-order valence-electron chi connectivity index (χ0n) is 8.30. The van der Waals surface area contributed by atoms with E-state index in [0.29, 0.717) is 12.8 Å². The van der Waals surface area contributed by atoms with Crippen LogP contribution in [0.5, 0.6) is 0 Å². The summed E-state index contributed by atoms with van der Waals surface area (Å²) in [5.41, 5.74) is -2.46. The minimum Gasteiger partial charge on any atom is -0.394 e. The van der Waals surface area contributed by atoms with Crippen LogP contribution in [-0.2, 0) is 4.74 Å². The smallest absolute Gasteiger partial charge is 0.335 e. The van der Waals surface area contributed by atoms with Gasteiger partial charge in [-0.2, -0.15) is 0 Å². The molecule has 8 heteroatoms. The Balaban J connectivity index is 2.39. The van der Waals surface area contributed by atoms with Gasteiger partial charge in [0.25, 0.3) is 0 Å². The molecule has 1 aliphatic rings. The minimum absolute atomic E-state index is 0.160. The standard InChI is InChI=1S/C8H11N3O5/c12-3-4-1-2-5(16-4)11-7(14)9-6(13)10-8(11)15/h4-5,12H,1-3H2,(H2,9,10,13,14,15). The molecule has 1 aromatic rings. The highest BCUT2D eigenvalue weighted by Gasteiger charge is 2.28. The summed E-state index contributed by atoms with van der Waals surface area (Å²) in [7, 11) is 0. The van der Waals surface area contributed by atoms with Crippen LogP contribution >= 0.6 is 0 Å². The van der Waals surface area contributed by atoms with Gasteiger partial charge >= 0.3 is 17.1 Å². The number of hydrogen-bond donors (Lipinski definition) is 3. The lowest BCUT2D eigenvalue weighted by Crippen LogP contribution is -2.45. The third kappa shape index (κ3) is 1.84. The Kier molecular flexibility index (Phi) is 2.75. The van der Waals surface area contributed by atoms with Crippen molar-refractivity contribution in [2.24, 2.45) is 0 Å². The Hall–Kier alpha value is -1.67. The van der Waals surface area contributed by atoms with Gasteiger partial charge in [-0.3, -0.25) is 9.97 Å². The molecule has 3 N–H and O–H groups in total. The van der Waals surface area contributed by atoms with Crippen LogP contribution in [0, 0.1) is 0 Å². The molecular formula is C8H11N3O5. The van der Waals surface area contributed by atoms with Gasteiger partial charge in [-0.05, 0) is 12.8 Å². The van der Waals surface area contributed by atoms with Crippen LogP contribution in [0.1, 0.15) is 19.1 Å². The molecule has 0 aliphatic carbocycles. The molecule has 0 aromatic carbocycles. The van der Waals surface area contributed by atoms with Gasteiger partial charge in [0, 0.05) is 0 Å². The molecule has 0 bridgehead atoms. The number of aromatic amines is 2. The molecule has 2 rings (SSSR count). The maximum absolute atomic E-state index is 11.4. The molecule has 1 saturated heterocycles. The van der Waals surface area contributed by atoms with Crippen LogP contribution in [0.4, 0.5) is 0 Å². The summed E-state index contributed by atoms with van der Waals surface area (Å²) < 4.78 is 6.07.